The van der Waals surface area contributed by atoms with Gasteiger partial charge >= 0.3 is 0 Å². The van der Waals surface area contributed by atoms with E-state index in [0.29, 0.717) is 16.3 Å². The number of hydrogen-bond donors (Lipinski definition) is 2. The van der Waals surface area contributed by atoms with Crippen LogP contribution in [0, 0.1) is 6.92 Å². The number of aliphatic hydroxyl groups is 1. The Morgan fingerprint density at radius 3 is 2.73 bits per heavy atom. The summed E-state index contributed by atoms with van der Waals surface area (Å²) in [4.78, 5) is 17.4. The molecule has 1 fully saturated rings. The maximum absolute atomic E-state index is 12.2. The van der Waals surface area contributed by atoms with Crippen molar-refractivity contribution in [2.75, 3.05) is 26.2 Å². The van der Waals surface area contributed by atoms with E-state index in [0.717, 1.165) is 43.6 Å². The molecular formula is C17H21ClN2O2. The number of aryl methyl sites for hydroxylation is 1. The number of benzene rings is 1. The number of likely N-dealkylation sites (tertiary alicyclic amines) is 1. The Labute approximate surface area is 134 Å². The van der Waals surface area contributed by atoms with Gasteiger partial charge in [0.25, 0.3) is 5.56 Å². The molecule has 0 amide bonds. The summed E-state index contributed by atoms with van der Waals surface area (Å²) in [7, 11) is 0. The monoisotopic (exact) mass is 320 g/mol. The Morgan fingerprint density at radius 1 is 1.32 bits per heavy atom. The molecule has 2 aromatic rings. The first-order valence-corrected chi connectivity index (χ1v) is 8.13. The van der Waals surface area contributed by atoms with Crippen LogP contribution in [0.15, 0.2) is 23.0 Å². The molecule has 5 heteroatoms. The summed E-state index contributed by atoms with van der Waals surface area (Å²) < 4.78 is 0. The summed E-state index contributed by atoms with van der Waals surface area (Å²) >= 11 is 6.04. The number of halogens is 1. The molecule has 1 aliphatic heterocycles. The van der Waals surface area contributed by atoms with Crippen molar-refractivity contribution in [2.45, 2.75) is 25.7 Å². The summed E-state index contributed by atoms with van der Waals surface area (Å²) in [5.74, 6) is 0.440. The summed E-state index contributed by atoms with van der Waals surface area (Å²) in [5.41, 5.74) is 2.13. The number of piperidine rings is 1. The predicted octanol–water partition coefficient (Wildman–Crippen LogP) is 2.66. The van der Waals surface area contributed by atoms with Gasteiger partial charge in [-0.25, -0.2) is 0 Å². The molecule has 0 atom stereocenters. The van der Waals surface area contributed by atoms with Gasteiger partial charge in [-0.15, -0.1) is 0 Å². The highest BCUT2D eigenvalue weighted by Gasteiger charge is 2.24. The Kier molecular flexibility index (Phi) is 4.52. The molecule has 22 heavy (non-hydrogen) atoms. The number of hydrogen-bond acceptors (Lipinski definition) is 3. The zero-order valence-electron chi connectivity index (χ0n) is 12.7. The molecule has 0 spiro atoms. The Hall–Kier alpha value is -1.36. The Morgan fingerprint density at radius 2 is 2.05 bits per heavy atom. The van der Waals surface area contributed by atoms with Crippen molar-refractivity contribution in [3.63, 3.8) is 0 Å². The molecular weight excluding hydrogens is 300 g/mol. The Bertz CT molecular complexity index is 733. The lowest BCUT2D eigenvalue weighted by Gasteiger charge is -2.32. The highest BCUT2D eigenvalue weighted by Crippen LogP contribution is 2.34. The van der Waals surface area contributed by atoms with Gasteiger partial charge in [-0.1, -0.05) is 17.7 Å². The van der Waals surface area contributed by atoms with Gasteiger partial charge in [0.05, 0.1) is 6.61 Å². The highest BCUT2D eigenvalue weighted by atomic mass is 35.5. The van der Waals surface area contributed by atoms with E-state index in [9.17, 15) is 4.79 Å². The molecule has 3 rings (SSSR count). The van der Waals surface area contributed by atoms with E-state index >= 15 is 0 Å². The number of nitrogens with zero attached hydrogens (tertiary/aromatic N) is 1. The van der Waals surface area contributed by atoms with Gasteiger partial charge in [-0.2, -0.15) is 0 Å². The van der Waals surface area contributed by atoms with Crippen molar-refractivity contribution in [1.82, 2.24) is 9.88 Å². The molecule has 1 aromatic carbocycles. The summed E-state index contributed by atoms with van der Waals surface area (Å²) in [6, 6.07) is 5.57. The van der Waals surface area contributed by atoms with Crippen LogP contribution >= 0.6 is 11.6 Å². The number of aromatic amines is 1. The number of H-pyrrole nitrogens is 1. The zero-order chi connectivity index (χ0) is 15.7. The second-order valence-corrected chi connectivity index (χ2v) is 6.46. The standard InChI is InChI=1S/C17H21ClN2O2/c1-11-16(12-4-6-20(7-5-12)8-9-21)14-3-2-13(18)10-15(14)17(22)19-11/h2-3,10,12,21H,4-9H2,1H3,(H,19,22). The maximum Gasteiger partial charge on any atom is 0.256 e. The fourth-order valence-corrected chi connectivity index (χ4v) is 3.73. The van der Waals surface area contributed by atoms with Crippen LogP contribution in [-0.2, 0) is 0 Å². The van der Waals surface area contributed by atoms with E-state index in [1.54, 1.807) is 6.07 Å². The molecule has 1 aliphatic rings. The lowest BCUT2D eigenvalue weighted by molar-refractivity contribution is 0.164. The molecule has 0 bridgehead atoms. The van der Waals surface area contributed by atoms with E-state index in [2.05, 4.69) is 9.88 Å². The van der Waals surface area contributed by atoms with Gasteiger partial charge in [-0.3, -0.25) is 4.79 Å². The van der Waals surface area contributed by atoms with Gasteiger partial charge in [-0.05, 0) is 61.9 Å². The summed E-state index contributed by atoms with van der Waals surface area (Å²) in [6.45, 7) is 4.90. The average Bonchev–Trinajstić information content (AvgIpc) is 2.50. The summed E-state index contributed by atoms with van der Waals surface area (Å²) in [6.07, 6.45) is 2.09. The minimum Gasteiger partial charge on any atom is -0.395 e. The van der Waals surface area contributed by atoms with Crippen LogP contribution in [0.2, 0.25) is 5.02 Å². The second kappa shape index (κ2) is 6.41. The van der Waals surface area contributed by atoms with Crippen LogP contribution in [0.25, 0.3) is 10.8 Å². The third kappa shape index (κ3) is 2.91. The van der Waals surface area contributed by atoms with E-state index < -0.39 is 0 Å². The molecule has 1 aromatic heterocycles. The van der Waals surface area contributed by atoms with Crippen LogP contribution in [0.5, 0.6) is 0 Å². The van der Waals surface area contributed by atoms with Gasteiger partial charge in [0, 0.05) is 22.6 Å². The molecule has 0 saturated carbocycles. The molecule has 0 aliphatic carbocycles. The van der Waals surface area contributed by atoms with Crippen LogP contribution < -0.4 is 5.56 Å². The van der Waals surface area contributed by atoms with Crippen LogP contribution in [-0.4, -0.2) is 41.2 Å². The average molecular weight is 321 g/mol. The van der Waals surface area contributed by atoms with Crippen LogP contribution in [0.3, 0.4) is 0 Å². The molecule has 1 saturated heterocycles. The minimum absolute atomic E-state index is 0.0727. The van der Waals surface area contributed by atoms with Crippen molar-refractivity contribution >= 4 is 22.4 Å². The first kappa shape index (κ1) is 15.5. The molecule has 2 heterocycles. The van der Waals surface area contributed by atoms with Gasteiger partial charge in [0.1, 0.15) is 0 Å². The number of β-amino-alcohol motifs (C(OH)–C–C–N with tert-alkyl or cyclic N) is 1. The number of aliphatic hydroxyl groups excluding tert-OH is 1. The third-order valence-electron chi connectivity index (χ3n) is 4.63. The van der Waals surface area contributed by atoms with E-state index in [1.807, 2.05) is 19.1 Å². The smallest absolute Gasteiger partial charge is 0.256 e. The Balaban J connectivity index is 1.99. The maximum atomic E-state index is 12.2. The zero-order valence-corrected chi connectivity index (χ0v) is 13.5. The van der Waals surface area contributed by atoms with Gasteiger partial charge in [0.15, 0.2) is 0 Å². The summed E-state index contributed by atoms with van der Waals surface area (Å²) in [5, 5.41) is 11.3. The lowest BCUT2D eigenvalue weighted by Crippen LogP contribution is -2.35. The number of rotatable bonds is 3. The van der Waals surface area contributed by atoms with E-state index in [4.69, 9.17) is 16.7 Å². The van der Waals surface area contributed by atoms with Crippen molar-refractivity contribution < 1.29 is 5.11 Å². The van der Waals surface area contributed by atoms with Crippen molar-refractivity contribution in [3.05, 3.63) is 44.8 Å². The topological polar surface area (TPSA) is 56.3 Å². The predicted molar refractivity (Wildman–Crippen MR) is 89.8 cm³/mol. The van der Waals surface area contributed by atoms with Crippen molar-refractivity contribution in [2.24, 2.45) is 0 Å². The highest BCUT2D eigenvalue weighted by molar-refractivity contribution is 6.31. The largest absolute Gasteiger partial charge is 0.395 e. The first-order chi connectivity index (χ1) is 10.6. The quantitative estimate of drug-likeness (QED) is 0.914. The number of aromatic nitrogens is 1. The van der Waals surface area contributed by atoms with E-state index in [1.165, 1.54) is 5.56 Å². The molecule has 0 radical (unpaired) electrons. The third-order valence-corrected chi connectivity index (χ3v) is 4.87. The second-order valence-electron chi connectivity index (χ2n) is 6.02. The number of nitrogens with one attached hydrogen (secondary N) is 1. The number of pyridine rings is 1. The fourth-order valence-electron chi connectivity index (χ4n) is 3.56. The van der Waals surface area contributed by atoms with Crippen molar-refractivity contribution in [3.8, 4) is 0 Å². The molecule has 4 nitrogen and oxygen atoms in total. The normalized spacial score (nSPS) is 17.2. The minimum atomic E-state index is -0.0727. The van der Waals surface area contributed by atoms with Gasteiger partial charge < -0.3 is 15.0 Å². The first-order valence-electron chi connectivity index (χ1n) is 7.75. The molecule has 118 valence electrons. The van der Waals surface area contributed by atoms with E-state index in [-0.39, 0.29) is 12.2 Å². The van der Waals surface area contributed by atoms with Crippen LogP contribution in [0.1, 0.15) is 30.0 Å². The fraction of sp³-hybridized carbons (Fsp3) is 0.471. The van der Waals surface area contributed by atoms with Crippen LogP contribution in [0.4, 0.5) is 0 Å². The van der Waals surface area contributed by atoms with Crippen molar-refractivity contribution in [1.29, 1.82) is 0 Å². The number of fused-ring (bicyclic) bond motifs is 1. The SMILES string of the molecule is Cc1[nH]c(=O)c2cc(Cl)ccc2c1C1CCN(CCO)CC1. The molecule has 0 unspecified atom stereocenters. The van der Waals surface area contributed by atoms with Gasteiger partial charge in [0.2, 0.25) is 0 Å². The molecule has 2 N–H and O–H groups in total. The lowest BCUT2D eigenvalue weighted by atomic mass is 9.85.